The maximum atomic E-state index is 13.5. The molecule has 0 spiro atoms. The van der Waals surface area contributed by atoms with Crippen LogP contribution in [0.1, 0.15) is 12.5 Å². The Hall–Kier alpha value is -3.15. The molecule has 0 saturated carbocycles. The smallest absolute Gasteiger partial charge is 0.387 e. The molecule has 0 aliphatic heterocycles. The van der Waals surface area contributed by atoms with Crippen LogP contribution in [0.15, 0.2) is 42.5 Å². The van der Waals surface area contributed by atoms with E-state index in [9.17, 15) is 22.0 Å². The third kappa shape index (κ3) is 5.94. The second kappa shape index (κ2) is 8.69. The lowest BCUT2D eigenvalue weighted by atomic mass is 10.1. The molecule has 1 heterocycles. The van der Waals surface area contributed by atoms with E-state index in [0.717, 1.165) is 29.5 Å². The van der Waals surface area contributed by atoms with Crippen LogP contribution in [0.4, 0.5) is 27.6 Å². The van der Waals surface area contributed by atoms with E-state index in [1.165, 1.54) is 12.3 Å². The summed E-state index contributed by atoms with van der Waals surface area (Å²) < 4.78 is 73.6. The molecular formula is C16H16F5N5O2. The maximum absolute atomic E-state index is 13.5. The predicted molar refractivity (Wildman–Crippen MR) is 89.1 cm³/mol. The highest BCUT2D eigenvalue weighted by Gasteiger charge is 2.28. The summed E-state index contributed by atoms with van der Waals surface area (Å²) in [6, 6.07) is 2.78. The fraction of sp³-hybridized carbons (Fsp3) is 0.250. The first-order valence-corrected chi connectivity index (χ1v) is 7.64. The van der Waals surface area contributed by atoms with Crippen LogP contribution in [0.2, 0.25) is 0 Å². The van der Waals surface area contributed by atoms with Gasteiger partial charge in [-0.3, -0.25) is 5.01 Å². The van der Waals surface area contributed by atoms with Gasteiger partial charge in [0.15, 0.2) is 5.75 Å². The molecule has 0 atom stereocenters. The van der Waals surface area contributed by atoms with E-state index in [-0.39, 0.29) is 29.8 Å². The van der Waals surface area contributed by atoms with Gasteiger partial charge in [-0.15, -0.1) is 0 Å². The number of hydrogen-bond donors (Lipinski definition) is 2. The Labute approximate surface area is 156 Å². The van der Waals surface area contributed by atoms with E-state index in [1.807, 2.05) is 0 Å². The molecule has 7 nitrogen and oxygen atoms in total. The minimum Gasteiger partial charge on any atom is -0.457 e. The van der Waals surface area contributed by atoms with Crippen molar-refractivity contribution < 1.29 is 31.4 Å². The summed E-state index contributed by atoms with van der Waals surface area (Å²) in [7, 11) is 0. The van der Waals surface area contributed by atoms with Crippen LogP contribution in [0.25, 0.3) is 0 Å². The summed E-state index contributed by atoms with van der Waals surface area (Å²) in [4.78, 5) is 7.29. The van der Waals surface area contributed by atoms with Crippen LogP contribution in [0, 0.1) is 5.82 Å². The largest absolute Gasteiger partial charge is 0.457 e. The number of rotatable bonds is 8. The Morgan fingerprint density at radius 2 is 1.93 bits per heavy atom. The molecule has 0 aliphatic rings. The molecule has 0 radical (unpaired) electrons. The Bertz CT molecular complexity index is 827. The molecule has 12 heteroatoms. The van der Waals surface area contributed by atoms with E-state index in [0.29, 0.717) is 6.92 Å². The molecule has 1 aromatic carbocycles. The van der Waals surface area contributed by atoms with Gasteiger partial charge in [0.05, 0.1) is 29.3 Å². The van der Waals surface area contributed by atoms with E-state index in [4.69, 9.17) is 16.3 Å². The van der Waals surface area contributed by atoms with Gasteiger partial charge in [-0.2, -0.15) is 18.7 Å². The third-order valence-corrected chi connectivity index (χ3v) is 3.22. The molecule has 2 aromatic rings. The van der Waals surface area contributed by atoms with Crippen molar-refractivity contribution in [3.63, 3.8) is 0 Å². The molecule has 28 heavy (non-hydrogen) atoms. The molecular weight excluding hydrogens is 389 g/mol. The van der Waals surface area contributed by atoms with E-state index in [2.05, 4.69) is 14.7 Å². The molecule has 0 aliphatic carbocycles. The van der Waals surface area contributed by atoms with Gasteiger partial charge >= 0.3 is 12.6 Å². The summed E-state index contributed by atoms with van der Waals surface area (Å²) in [5.74, 6) is 1.02. The first kappa shape index (κ1) is 21.2. The van der Waals surface area contributed by atoms with Crippen molar-refractivity contribution in [1.82, 2.24) is 9.97 Å². The first-order chi connectivity index (χ1) is 13.1. The fourth-order valence-corrected chi connectivity index (χ4v) is 1.99. The number of hydrazine groups is 1. The number of anilines is 1. The summed E-state index contributed by atoms with van der Waals surface area (Å²) in [5, 5.41) is 0.911. The number of alkyl halides is 4. The summed E-state index contributed by atoms with van der Waals surface area (Å²) in [5.41, 5.74) is 5.02. The molecule has 1 aromatic heterocycles. The summed E-state index contributed by atoms with van der Waals surface area (Å²) in [6.45, 7) is -2.70. The lowest BCUT2D eigenvalue weighted by Crippen LogP contribution is -2.27. The standard InChI is InChI=1S/C16H16F5N5O2/c1-16(20,21)12-4-10(2-3-13(12)17)26(23)7-9(22)8-27-15-24-5-11(6-25-15)28-14(18)19/h2-7,14H,8,22-23H2,1H3/b9-7-. The fourth-order valence-electron chi connectivity index (χ4n) is 1.99. The highest BCUT2D eigenvalue weighted by atomic mass is 19.3. The monoisotopic (exact) mass is 405 g/mol. The Morgan fingerprint density at radius 1 is 1.29 bits per heavy atom. The number of nitrogens with two attached hydrogens (primary N) is 2. The number of hydrogen-bond acceptors (Lipinski definition) is 7. The zero-order valence-corrected chi connectivity index (χ0v) is 14.5. The number of halogens is 5. The molecule has 0 unspecified atom stereocenters. The van der Waals surface area contributed by atoms with Gasteiger partial charge in [0.2, 0.25) is 0 Å². The Balaban J connectivity index is 2.01. The third-order valence-electron chi connectivity index (χ3n) is 3.22. The van der Waals surface area contributed by atoms with Gasteiger partial charge in [0, 0.05) is 13.1 Å². The zero-order valence-electron chi connectivity index (χ0n) is 14.5. The molecule has 4 N–H and O–H groups in total. The molecule has 0 fully saturated rings. The predicted octanol–water partition coefficient (Wildman–Crippen LogP) is 2.89. The van der Waals surface area contributed by atoms with Gasteiger partial charge in [-0.05, 0) is 18.2 Å². The van der Waals surface area contributed by atoms with Crippen LogP contribution >= 0.6 is 0 Å². The van der Waals surface area contributed by atoms with Crippen molar-refractivity contribution in [1.29, 1.82) is 0 Å². The van der Waals surface area contributed by atoms with E-state index < -0.39 is 23.9 Å². The Kier molecular flexibility index (Phi) is 6.57. The second-order valence-corrected chi connectivity index (χ2v) is 5.53. The van der Waals surface area contributed by atoms with Crippen molar-refractivity contribution in [3.8, 4) is 11.8 Å². The van der Waals surface area contributed by atoms with Crippen molar-refractivity contribution >= 4 is 5.69 Å². The lowest BCUT2D eigenvalue weighted by molar-refractivity contribution is -0.0504. The van der Waals surface area contributed by atoms with Crippen LogP contribution in [-0.4, -0.2) is 23.2 Å². The minimum atomic E-state index is -3.39. The van der Waals surface area contributed by atoms with E-state index in [1.54, 1.807) is 0 Å². The molecule has 0 saturated heterocycles. The van der Waals surface area contributed by atoms with Crippen molar-refractivity contribution in [2.75, 3.05) is 11.6 Å². The maximum Gasteiger partial charge on any atom is 0.387 e. The van der Waals surface area contributed by atoms with Crippen molar-refractivity contribution in [2.24, 2.45) is 11.6 Å². The van der Waals surface area contributed by atoms with Gasteiger partial charge < -0.3 is 15.2 Å². The van der Waals surface area contributed by atoms with Crippen LogP contribution in [0.5, 0.6) is 11.8 Å². The topological polar surface area (TPSA) is 99.5 Å². The summed E-state index contributed by atoms with van der Waals surface area (Å²) >= 11 is 0. The van der Waals surface area contributed by atoms with Gasteiger partial charge in [-0.1, -0.05) is 0 Å². The number of benzene rings is 1. The highest BCUT2D eigenvalue weighted by Crippen LogP contribution is 2.31. The lowest BCUT2D eigenvalue weighted by Gasteiger charge is -2.18. The normalized spacial score (nSPS) is 12.2. The minimum absolute atomic E-state index is 0.0492. The van der Waals surface area contributed by atoms with Crippen molar-refractivity contribution in [3.05, 3.63) is 53.9 Å². The average molecular weight is 405 g/mol. The second-order valence-electron chi connectivity index (χ2n) is 5.53. The molecule has 152 valence electrons. The zero-order chi connectivity index (χ0) is 20.9. The SMILES string of the molecule is CC(F)(F)c1cc(N(N)/C=C(\N)COc2ncc(OC(F)F)cn2)ccc1F. The highest BCUT2D eigenvalue weighted by molar-refractivity contribution is 5.51. The number of aromatic nitrogens is 2. The van der Waals surface area contributed by atoms with Gasteiger partial charge in [0.25, 0.3) is 5.92 Å². The van der Waals surface area contributed by atoms with E-state index >= 15 is 0 Å². The number of ether oxygens (including phenoxy) is 2. The molecule has 0 bridgehead atoms. The van der Waals surface area contributed by atoms with Crippen LogP contribution < -0.4 is 26.1 Å². The number of nitrogens with zero attached hydrogens (tertiary/aromatic N) is 3. The van der Waals surface area contributed by atoms with Crippen LogP contribution in [-0.2, 0) is 5.92 Å². The summed E-state index contributed by atoms with van der Waals surface area (Å²) in [6.07, 6.45) is 3.13. The van der Waals surface area contributed by atoms with Gasteiger partial charge in [-0.25, -0.2) is 19.0 Å². The molecule has 2 rings (SSSR count). The quantitative estimate of drug-likeness (QED) is 0.396. The average Bonchev–Trinajstić information content (AvgIpc) is 2.60. The van der Waals surface area contributed by atoms with Gasteiger partial charge in [0.1, 0.15) is 12.4 Å². The van der Waals surface area contributed by atoms with Crippen molar-refractivity contribution in [2.45, 2.75) is 19.5 Å². The first-order valence-electron chi connectivity index (χ1n) is 7.64. The molecule has 0 amide bonds. The van der Waals surface area contributed by atoms with Crippen LogP contribution in [0.3, 0.4) is 0 Å². The Morgan fingerprint density at radius 3 is 2.50 bits per heavy atom.